The highest BCUT2D eigenvalue weighted by molar-refractivity contribution is 7.89. The van der Waals surface area contributed by atoms with E-state index in [4.69, 9.17) is 4.74 Å². The lowest BCUT2D eigenvalue weighted by Crippen LogP contribution is -2.28. The smallest absolute Gasteiger partial charge is 0.312 e. The summed E-state index contributed by atoms with van der Waals surface area (Å²) < 4.78 is 32.1. The first-order valence-electron chi connectivity index (χ1n) is 8.96. The standard InChI is InChI=1S/C19H23N3O5S/c1-20(14-15-7-3-4-8-17(15)21-11-5-6-12-21)28(25,26)16-9-10-19(27-2)18(13-16)22(23)24/h3-4,7-10,13H,5-6,11-12,14H2,1-2H3. The van der Waals surface area contributed by atoms with Gasteiger partial charge in [0.25, 0.3) is 0 Å². The Morgan fingerprint density at radius 1 is 1.18 bits per heavy atom. The second-order valence-electron chi connectivity index (χ2n) is 6.67. The third-order valence-corrected chi connectivity index (χ3v) is 6.69. The van der Waals surface area contributed by atoms with Crippen LogP contribution in [0, 0.1) is 10.1 Å². The molecule has 150 valence electrons. The van der Waals surface area contributed by atoms with E-state index in [0.717, 1.165) is 43.2 Å². The fourth-order valence-corrected chi connectivity index (χ4v) is 4.56. The van der Waals surface area contributed by atoms with Gasteiger partial charge in [0.2, 0.25) is 10.0 Å². The second kappa shape index (κ2) is 8.15. The van der Waals surface area contributed by atoms with E-state index in [0.29, 0.717) is 0 Å². The number of ether oxygens (including phenoxy) is 1. The second-order valence-corrected chi connectivity index (χ2v) is 8.72. The molecule has 9 heteroatoms. The van der Waals surface area contributed by atoms with Gasteiger partial charge in [0.05, 0.1) is 16.9 Å². The predicted molar refractivity (Wildman–Crippen MR) is 106 cm³/mol. The molecule has 1 aliphatic rings. The average Bonchev–Trinajstić information content (AvgIpc) is 3.22. The molecule has 2 aromatic carbocycles. The molecular weight excluding hydrogens is 382 g/mol. The van der Waals surface area contributed by atoms with Crippen molar-refractivity contribution in [2.75, 3.05) is 32.1 Å². The summed E-state index contributed by atoms with van der Waals surface area (Å²) in [5, 5.41) is 11.2. The van der Waals surface area contributed by atoms with Crippen LogP contribution >= 0.6 is 0 Å². The minimum atomic E-state index is -3.90. The molecule has 0 saturated carbocycles. The Balaban J connectivity index is 1.89. The first-order valence-corrected chi connectivity index (χ1v) is 10.4. The van der Waals surface area contributed by atoms with Crippen LogP contribution in [0.25, 0.3) is 0 Å². The quantitative estimate of drug-likeness (QED) is 0.519. The van der Waals surface area contributed by atoms with E-state index in [1.165, 1.54) is 30.6 Å². The van der Waals surface area contributed by atoms with Crippen LogP contribution < -0.4 is 9.64 Å². The van der Waals surface area contributed by atoms with E-state index in [-0.39, 0.29) is 22.9 Å². The summed E-state index contributed by atoms with van der Waals surface area (Å²) in [7, 11) is -1.12. The molecule has 0 bridgehead atoms. The Morgan fingerprint density at radius 2 is 1.86 bits per heavy atom. The normalized spacial score (nSPS) is 14.5. The minimum absolute atomic E-state index is 0.0194. The topological polar surface area (TPSA) is 93.0 Å². The van der Waals surface area contributed by atoms with Crippen molar-refractivity contribution < 1.29 is 18.1 Å². The molecule has 0 unspecified atom stereocenters. The summed E-state index contributed by atoms with van der Waals surface area (Å²) in [5.41, 5.74) is 1.55. The molecule has 0 amide bonds. The van der Waals surface area contributed by atoms with Crippen LogP contribution in [0.15, 0.2) is 47.4 Å². The van der Waals surface area contributed by atoms with Crippen molar-refractivity contribution in [3.05, 3.63) is 58.1 Å². The van der Waals surface area contributed by atoms with E-state index < -0.39 is 14.9 Å². The number of nitrogens with zero attached hydrogens (tertiary/aromatic N) is 3. The van der Waals surface area contributed by atoms with Crippen molar-refractivity contribution in [3.63, 3.8) is 0 Å². The molecule has 0 radical (unpaired) electrons. The van der Waals surface area contributed by atoms with Gasteiger partial charge in [0.1, 0.15) is 0 Å². The SMILES string of the molecule is COc1ccc(S(=O)(=O)N(C)Cc2ccccc2N2CCCC2)cc1[N+](=O)[O-]. The number of hydrogen-bond donors (Lipinski definition) is 0. The van der Waals surface area contributed by atoms with Crippen molar-refractivity contribution in [1.29, 1.82) is 0 Å². The number of nitro benzene ring substituents is 1. The van der Waals surface area contributed by atoms with E-state index in [9.17, 15) is 18.5 Å². The summed E-state index contributed by atoms with van der Waals surface area (Å²) >= 11 is 0. The molecule has 0 atom stereocenters. The lowest BCUT2D eigenvalue weighted by molar-refractivity contribution is -0.386. The zero-order valence-electron chi connectivity index (χ0n) is 15.9. The highest BCUT2D eigenvalue weighted by Crippen LogP contribution is 2.31. The number of benzene rings is 2. The van der Waals surface area contributed by atoms with Gasteiger partial charge in [-0.2, -0.15) is 4.31 Å². The highest BCUT2D eigenvalue weighted by atomic mass is 32.2. The van der Waals surface area contributed by atoms with Gasteiger partial charge >= 0.3 is 5.69 Å². The van der Waals surface area contributed by atoms with Crippen LogP contribution in [0.5, 0.6) is 5.75 Å². The number of rotatable bonds is 7. The zero-order chi connectivity index (χ0) is 20.3. The lowest BCUT2D eigenvalue weighted by atomic mass is 10.1. The Bertz CT molecular complexity index is 971. The third kappa shape index (κ3) is 3.95. The number of methoxy groups -OCH3 is 1. The Morgan fingerprint density at radius 3 is 2.50 bits per heavy atom. The van der Waals surface area contributed by atoms with Crippen LogP contribution in [-0.4, -0.2) is 44.9 Å². The van der Waals surface area contributed by atoms with Crippen molar-refractivity contribution in [2.24, 2.45) is 0 Å². The van der Waals surface area contributed by atoms with Crippen LogP contribution in [0.4, 0.5) is 11.4 Å². The molecule has 1 fully saturated rings. The van der Waals surface area contributed by atoms with Gasteiger partial charge < -0.3 is 9.64 Å². The van der Waals surface area contributed by atoms with Gasteiger partial charge in [-0.1, -0.05) is 18.2 Å². The van der Waals surface area contributed by atoms with Gasteiger partial charge in [-0.15, -0.1) is 0 Å². The molecular formula is C19H23N3O5S. The molecule has 0 N–H and O–H groups in total. The Kier molecular flexibility index (Phi) is 5.85. The number of anilines is 1. The first kappa shape index (κ1) is 20.1. The van der Waals surface area contributed by atoms with E-state index in [1.54, 1.807) is 0 Å². The molecule has 0 spiro atoms. The Labute approximate surface area is 164 Å². The maximum Gasteiger partial charge on any atom is 0.312 e. The summed E-state index contributed by atoms with van der Waals surface area (Å²) in [6, 6.07) is 11.4. The number of para-hydroxylation sites is 1. The van der Waals surface area contributed by atoms with Crippen molar-refractivity contribution >= 4 is 21.4 Å². The molecule has 0 aromatic heterocycles. The van der Waals surface area contributed by atoms with Crippen LogP contribution in [0.3, 0.4) is 0 Å². The van der Waals surface area contributed by atoms with Gasteiger partial charge in [0, 0.05) is 38.4 Å². The molecule has 0 aliphatic carbocycles. The molecule has 2 aromatic rings. The van der Waals surface area contributed by atoms with Crippen molar-refractivity contribution in [3.8, 4) is 5.75 Å². The van der Waals surface area contributed by atoms with Crippen molar-refractivity contribution in [1.82, 2.24) is 4.31 Å². The third-order valence-electron chi connectivity index (χ3n) is 4.89. The van der Waals surface area contributed by atoms with Crippen molar-refractivity contribution in [2.45, 2.75) is 24.3 Å². The maximum atomic E-state index is 13.0. The van der Waals surface area contributed by atoms with E-state index in [2.05, 4.69) is 4.90 Å². The van der Waals surface area contributed by atoms with Gasteiger partial charge in [-0.3, -0.25) is 10.1 Å². The number of hydrogen-bond acceptors (Lipinski definition) is 6. The number of nitro groups is 1. The summed E-state index contributed by atoms with van der Waals surface area (Å²) in [6.45, 7) is 2.09. The van der Waals surface area contributed by atoms with Gasteiger partial charge in [0.15, 0.2) is 5.75 Å². The molecule has 28 heavy (non-hydrogen) atoms. The van der Waals surface area contributed by atoms with E-state index >= 15 is 0 Å². The molecule has 1 saturated heterocycles. The number of sulfonamides is 1. The largest absolute Gasteiger partial charge is 0.490 e. The van der Waals surface area contributed by atoms with E-state index in [1.807, 2.05) is 24.3 Å². The summed E-state index contributed by atoms with van der Waals surface area (Å²) in [6.07, 6.45) is 2.25. The van der Waals surface area contributed by atoms with Gasteiger partial charge in [-0.05, 0) is 36.6 Å². The average molecular weight is 405 g/mol. The first-order chi connectivity index (χ1) is 13.3. The fraction of sp³-hybridized carbons (Fsp3) is 0.368. The highest BCUT2D eigenvalue weighted by Gasteiger charge is 2.27. The molecule has 1 heterocycles. The molecule has 8 nitrogen and oxygen atoms in total. The maximum absolute atomic E-state index is 13.0. The van der Waals surface area contributed by atoms with Gasteiger partial charge in [-0.25, -0.2) is 8.42 Å². The summed E-state index contributed by atoms with van der Waals surface area (Å²) in [5.74, 6) is 0.0194. The Hall–Kier alpha value is -2.65. The van der Waals surface area contributed by atoms with Crippen LogP contribution in [0.1, 0.15) is 18.4 Å². The zero-order valence-corrected chi connectivity index (χ0v) is 16.7. The summed E-state index contributed by atoms with van der Waals surface area (Å²) in [4.78, 5) is 12.7. The predicted octanol–water partition coefficient (Wildman–Crippen LogP) is 3.02. The fourth-order valence-electron chi connectivity index (χ4n) is 3.39. The lowest BCUT2D eigenvalue weighted by Gasteiger charge is -2.24. The van der Waals surface area contributed by atoms with Crippen LogP contribution in [0.2, 0.25) is 0 Å². The van der Waals surface area contributed by atoms with Crippen LogP contribution in [-0.2, 0) is 16.6 Å². The monoisotopic (exact) mass is 405 g/mol. The molecule has 1 aliphatic heterocycles. The minimum Gasteiger partial charge on any atom is -0.490 e. The molecule has 3 rings (SSSR count).